The average molecular weight is 309 g/mol. The van der Waals surface area contributed by atoms with Crippen molar-refractivity contribution >= 4 is 24.1 Å². The number of nitrogens with zero attached hydrogens (tertiary/aromatic N) is 1. The highest BCUT2D eigenvalue weighted by Gasteiger charge is 2.56. The summed E-state index contributed by atoms with van der Waals surface area (Å²) in [5, 5.41) is 0. The lowest BCUT2D eigenvalue weighted by Crippen LogP contribution is -2.47. The van der Waals surface area contributed by atoms with Crippen molar-refractivity contribution in [3.8, 4) is 0 Å². The third-order valence-electron chi connectivity index (χ3n) is 5.11. The molecule has 3 aliphatic rings. The molecule has 120 valence electrons. The van der Waals surface area contributed by atoms with Crippen LogP contribution in [0, 0.1) is 23.7 Å². The second-order valence-corrected chi connectivity index (χ2v) is 6.19. The number of carbonyl (C=O) groups is 4. The van der Waals surface area contributed by atoms with E-state index in [4.69, 9.17) is 9.47 Å². The van der Waals surface area contributed by atoms with Crippen LogP contribution >= 0.6 is 0 Å². The summed E-state index contributed by atoms with van der Waals surface area (Å²) in [5.74, 6) is -2.95. The number of esters is 2. The Morgan fingerprint density at radius 2 is 2.18 bits per heavy atom. The number of likely N-dealkylation sites (tertiary alicyclic amines) is 1. The van der Waals surface area contributed by atoms with Crippen LogP contribution in [0.5, 0.6) is 0 Å². The molecule has 2 heterocycles. The van der Waals surface area contributed by atoms with E-state index >= 15 is 0 Å². The van der Waals surface area contributed by atoms with Crippen LogP contribution in [0.15, 0.2) is 0 Å². The molecule has 3 fully saturated rings. The zero-order valence-electron chi connectivity index (χ0n) is 12.4. The highest BCUT2D eigenvalue weighted by atomic mass is 16.5. The van der Waals surface area contributed by atoms with Crippen molar-refractivity contribution in [1.29, 1.82) is 0 Å². The van der Waals surface area contributed by atoms with Gasteiger partial charge in [-0.3, -0.25) is 9.59 Å². The number of carbonyl (C=O) groups excluding carboxylic acids is 4. The second-order valence-electron chi connectivity index (χ2n) is 6.19. The van der Waals surface area contributed by atoms with E-state index in [1.807, 2.05) is 0 Å². The normalized spacial score (nSPS) is 36.9. The van der Waals surface area contributed by atoms with Gasteiger partial charge in [0.15, 0.2) is 0 Å². The standard InChI is InChI=1S/C15H19NO6/c1-21-14(19)10-3-2-4-16(10)13(18)11-8(6-17)5-9-7-22-15(20)12(9)11/h6,8-12H,2-5,7H2,1H3/t8-,9+,10-,11+,12-/m0/s1. The Labute approximate surface area is 127 Å². The molecule has 0 bridgehead atoms. The van der Waals surface area contributed by atoms with E-state index in [1.165, 1.54) is 12.0 Å². The van der Waals surface area contributed by atoms with Gasteiger partial charge in [0, 0.05) is 18.4 Å². The first-order chi connectivity index (χ1) is 10.6. The van der Waals surface area contributed by atoms with Crippen LogP contribution < -0.4 is 0 Å². The van der Waals surface area contributed by atoms with Crippen molar-refractivity contribution in [3.05, 3.63) is 0 Å². The van der Waals surface area contributed by atoms with Gasteiger partial charge in [0.25, 0.3) is 0 Å². The van der Waals surface area contributed by atoms with Crippen LogP contribution in [0.3, 0.4) is 0 Å². The smallest absolute Gasteiger partial charge is 0.328 e. The molecular weight excluding hydrogens is 290 g/mol. The molecule has 1 amide bonds. The van der Waals surface area contributed by atoms with Gasteiger partial charge < -0.3 is 19.2 Å². The quantitative estimate of drug-likeness (QED) is 0.528. The maximum Gasteiger partial charge on any atom is 0.328 e. The van der Waals surface area contributed by atoms with Crippen molar-refractivity contribution < 1.29 is 28.7 Å². The topological polar surface area (TPSA) is 90.0 Å². The molecule has 1 aliphatic carbocycles. The summed E-state index contributed by atoms with van der Waals surface area (Å²) in [6.45, 7) is 0.727. The Morgan fingerprint density at radius 1 is 1.41 bits per heavy atom. The third-order valence-corrected chi connectivity index (χ3v) is 5.11. The van der Waals surface area contributed by atoms with E-state index in [1.54, 1.807) is 0 Å². The van der Waals surface area contributed by atoms with Gasteiger partial charge in [-0.25, -0.2) is 4.79 Å². The minimum absolute atomic E-state index is 0.0733. The number of hydrogen-bond acceptors (Lipinski definition) is 6. The molecule has 0 aromatic heterocycles. The van der Waals surface area contributed by atoms with Crippen LogP contribution in [0.1, 0.15) is 19.3 Å². The van der Waals surface area contributed by atoms with Gasteiger partial charge >= 0.3 is 11.9 Å². The average Bonchev–Trinajstić information content (AvgIpc) is 3.21. The van der Waals surface area contributed by atoms with Crippen LogP contribution in [-0.4, -0.2) is 55.3 Å². The van der Waals surface area contributed by atoms with Crippen LogP contribution in [0.2, 0.25) is 0 Å². The predicted octanol–water partition coefficient (Wildman–Crippen LogP) is -0.225. The Kier molecular flexibility index (Phi) is 3.88. The number of rotatable bonds is 3. The van der Waals surface area contributed by atoms with E-state index in [-0.39, 0.29) is 18.4 Å². The fourth-order valence-corrected chi connectivity index (χ4v) is 4.08. The van der Waals surface area contributed by atoms with Gasteiger partial charge in [-0.1, -0.05) is 0 Å². The van der Waals surface area contributed by atoms with E-state index < -0.39 is 35.7 Å². The van der Waals surface area contributed by atoms with E-state index in [0.717, 1.165) is 6.29 Å². The van der Waals surface area contributed by atoms with Gasteiger partial charge in [0.05, 0.1) is 25.6 Å². The summed E-state index contributed by atoms with van der Waals surface area (Å²) in [5.41, 5.74) is 0. The second kappa shape index (κ2) is 5.70. The molecule has 0 N–H and O–H groups in total. The van der Waals surface area contributed by atoms with Gasteiger partial charge in [-0.15, -0.1) is 0 Å². The maximum atomic E-state index is 12.9. The summed E-state index contributed by atoms with van der Waals surface area (Å²) in [7, 11) is 1.29. The lowest BCUT2D eigenvalue weighted by molar-refractivity contribution is -0.155. The zero-order valence-corrected chi connectivity index (χ0v) is 12.4. The van der Waals surface area contributed by atoms with E-state index in [0.29, 0.717) is 25.8 Å². The fourth-order valence-electron chi connectivity index (χ4n) is 4.08. The Hall–Kier alpha value is -1.92. The Bertz CT molecular complexity index is 518. The molecule has 2 saturated heterocycles. The summed E-state index contributed by atoms with van der Waals surface area (Å²) >= 11 is 0. The van der Waals surface area contributed by atoms with E-state index in [9.17, 15) is 19.2 Å². The lowest BCUT2D eigenvalue weighted by atomic mass is 9.87. The summed E-state index contributed by atoms with van der Waals surface area (Å²) in [4.78, 5) is 49.4. The van der Waals surface area contributed by atoms with E-state index in [2.05, 4.69) is 0 Å². The largest absolute Gasteiger partial charge is 0.467 e. The molecular formula is C15H19NO6. The molecule has 7 nitrogen and oxygen atoms in total. The summed E-state index contributed by atoms with van der Waals surface area (Å²) < 4.78 is 9.78. The lowest BCUT2D eigenvalue weighted by Gasteiger charge is -2.28. The molecule has 7 heteroatoms. The number of methoxy groups -OCH3 is 1. The Balaban J connectivity index is 1.84. The van der Waals surface area contributed by atoms with Gasteiger partial charge in [-0.05, 0) is 19.3 Å². The number of aldehydes is 1. The van der Waals surface area contributed by atoms with Crippen LogP contribution in [-0.2, 0) is 28.7 Å². The number of fused-ring (bicyclic) bond motifs is 1. The minimum atomic E-state index is -0.706. The SMILES string of the molecule is COC(=O)[C@@H]1CCCN1C(=O)[C@H]1[C@H]2C(=O)OC[C@H]2C[C@H]1C=O. The third kappa shape index (κ3) is 2.19. The molecule has 0 aromatic rings. The molecule has 0 unspecified atom stereocenters. The highest BCUT2D eigenvalue weighted by Crippen LogP contribution is 2.46. The number of hydrogen-bond donors (Lipinski definition) is 0. The first-order valence-corrected chi connectivity index (χ1v) is 7.58. The number of ether oxygens (including phenoxy) is 2. The number of cyclic esters (lactones) is 1. The van der Waals surface area contributed by atoms with Gasteiger partial charge in [-0.2, -0.15) is 0 Å². The predicted molar refractivity (Wildman–Crippen MR) is 72.4 cm³/mol. The molecule has 0 spiro atoms. The number of amides is 1. The first kappa shape index (κ1) is 15.0. The molecule has 3 rings (SSSR count). The summed E-state index contributed by atoms with van der Waals surface area (Å²) in [6, 6.07) is -0.610. The van der Waals surface area contributed by atoms with Crippen molar-refractivity contribution in [2.45, 2.75) is 25.3 Å². The minimum Gasteiger partial charge on any atom is -0.467 e. The highest BCUT2D eigenvalue weighted by molar-refractivity contribution is 5.92. The molecule has 0 aromatic carbocycles. The van der Waals surface area contributed by atoms with Crippen molar-refractivity contribution in [3.63, 3.8) is 0 Å². The molecule has 1 saturated carbocycles. The van der Waals surface area contributed by atoms with Crippen molar-refractivity contribution in [1.82, 2.24) is 4.90 Å². The van der Waals surface area contributed by atoms with Crippen molar-refractivity contribution in [2.24, 2.45) is 23.7 Å². The van der Waals surface area contributed by atoms with Gasteiger partial charge in [0.2, 0.25) is 5.91 Å². The molecule has 5 atom stereocenters. The maximum absolute atomic E-state index is 12.9. The van der Waals surface area contributed by atoms with Gasteiger partial charge in [0.1, 0.15) is 12.3 Å². The zero-order chi connectivity index (χ0) is 15.9. The van der Waals surface area contributed by atoms with Crippen LogP contribution in [0.4, 0.5) is 0 Å². The first-order valence-electron chi connectivity index (χ1n) is 7.58. The fraction of sp³-hybridized carbons (Fsp3) is 0.733. The molecule has 2 aliphatic heterocycles. The van der Waals surface area contributed by atoms with Crippen LogP contribution in [0.25, 0.3) is 0 Å². The monoisotopic (exact) mass is 309 g/mol. The molecule has 22 heavy (non-hydrogen) atoms. The Morgan fingerprint density at radius 3 is 2.86 bits per heavy atom. The summed E-state index contributed by atoms with van der Waals surface area (Å²) in [6.07, 6.45) is 2.52. The molecule has 0 radical (unpaired) electrons. The van der Waals surface area contributed by atoms with Crippen molar-refractivity contribution in [2.75, 3.05) is 20.3 Å².